The number of esters is 1. The minimum atomic E-state index is -0.406. The van der Waals surface area contributed by atoms with E-state index in [1.165, 1.54) is 12.1 Å². The van der Waals surface area contributed by atoms with Gasteiger partial charge in [0.25, 0.3) is 0 Å². The van der Waals surface area contributed by atoms with Crippen LogP contribution < -0.4 is 0 Å². The molecule has 3 nitrogen and oxygen atoms in total. The van der Waals surface area contributed by atoms with Crippen molar-refractivity contribution < 1.29 is 13.9 Å². The van der Waals surface area contributed by atoms with Crippen LogP contribution in [0.25, 0.3) is 0 Å². The van der Waals surface area contributed by atoms with Crippen molar-refractivity contribution in [2.45, 2.75) is 13.8 Å². The Morgan fingerprint density at radius 2 is 2.10 bits per heavy atom. The molecule has 0 aliphatic rings. The molecule has 0 saturated heterocycles. The van der Waals surface area contributed by atoms with Gasteiger partial charge >= 0.3 is 5.97 Å². The third kappa shape index (κ3) is 4.15. The molecule has 0 unspecified atom stereocenters. The van der Waals surface area contributed by atoms with E-state index >= 15 is 0 Å². The summed E-state index contributed by atoms with van der Waals surface area (Å²) in [4.78, 5) is 16.0. The lowest BCUT2D eigenvalue weighted by atomic mass is 10.1. The van der Waals surface area contributed by atoms with E-state index in [0.717, 1.165) is 0 Å². The molecule has 0 radical (unpaired) electrons. The number of benzene rings is 1. The molecule has 2 aromatic rings. The predicted molar refractivity (Wildman–Crippen MR) is 77.3 cm³/mol. The highest BCUT2D eigenvalue weighted by atomic mass is 19.1. The Balaban J connectivity index is 2.31. The summed E-state index contributed by atoms with van der Waals surface area (Å²) in [6, 6.07) is 9.21. The fourth-order valence-electron chi connectivity index (χ4n) is 1.77. The van der Waals surface area contributed by atoms with E-state index in [1.807, 2.05) is 0 Å². The van der Waals surface area contributed by atoms with Gasteiger partial charge < -0.3 is 4.74 Å². The summed E-state index contributed by atoms with van der Waals surface area (Å²) in [7, 11) is 0. The number of aromatic nitrogens is 1. The average molecular weight is 283 g/mol. The molecule has 21 heavy (non-hydrogen) atoms. The summed E-state index contributed by atoms with van der Waals surface area (Å²) in [5, 5.41) is 0. The molecular weight excluding hydrogens is 269 g/mol. The zero-order chi connectivity index (χ0) is 15.2. The molecule has 0 aliphatic heterocycles. The smallest absolute Gasteiger partial charge is 0.338 e. The van der Waals surface area contributed by atoms with E-state index in [0.29, 0.717) is 29.1 Å². The third-order valence-electron chi connectivity index (χ3n) is 2.62. The van der Waals surface area contributed by atoms with Gasteiger partial charge in [0.15, 0.2) is 0 Å². The number of halogens is 1. The van der Waals surface area contributed by atoms with Gasteiger partial charge in [0.05, 0.1) is 12.2 Å². The number of pyridine rings is 1. The third-order valence-corrected chi connectivity index (χ3v) is 2.62. The van der Waals surface area contributed by atoms with Crippen molar-refractivity contribution >= 4 is 5.97 Å². The van der Waals surface area contributed by atoms with Gasteiger partial charge in [-0.2, -0.15) is 0 Å². The van der Waals surface area contributed by atoms with E-state index in [-0.39, 0.29) is 5.82 Å². The van der Waals surface area contributed by atoms with Crippen LogP contribution in [0.3, 0.4) is 0 Å². The van der Waals surface area contributed by atoms with Crippen LogP contribution in [0.2, 0.25) is 0 Å². The Bertz CT molecular complexity index is 729. The zero-order valence-corrected chi connectivity index (χ0v) is 11.8. The summed E-state index contributed by atoms with van der Waals surface area (Å²) >= 11 is 0. The molecule has 0 bridgehead atoms. The Hall–Kier alpha value is -2.67. The average Bonchev–Trinajstić information content (AvgIpc) is 2.45. The Morgan fingerprint density at radius 1 is 1.29 bits per heavy atom. The van der Waals surface area contributed by atoms with Crippen molar-refractivity contribution in [2.75, 3.05) is 6.61 Å². The van der Waals surface area contributed by atoms with E-state index in [4.69, 9.17) is 4.74 Å². The molecule has 0 N–H and O–H groups in total. The Morgan fingerprint density at radius 3 is 2.81 bits per heavy atom. The molecule has 0 saturated carbocycles. The van der Waals surface area contributed by atoms with Crippen LogP contribution in [0, 0.1) is 24.6 Å². The highest BCUT2D eigenvalue weighted by Gasteiger charge is 2.08. The van der Waals surface area contributed by atoms with Crippen LogP contribution in [-0.2, 0) is 4.74 Å². The van der Waals surface area contributed by atoms with Gasteiger partial charge in [0, 0.05) is 11.3 Å². The van der Waals surface area contributed by atoms with Crippen molar-refractivity contribution in [3.05, 3.63) is 64.7 Å². The number of ether oxygens (including phenoxy) is 1. The number of hydrogen-bond acceptors (Lipinski definition) is 3. The Kier molecular flexibility index (Phi) is 4.68. The van der Waals surface area contributed by atoms with Gasteiger partial charge in [0.2, 0.25) is 0 Å². The van der Waals surface area contributed by atoms with Gasteiger partial charge in [0.1, 0.15) is 11.5 Å². The fraction of sp³-hybridized carbons (Fsp3) is 0.176. The molecule has 0 aliphatic carbocycles. The largest absolute Gasteiger partial charge is 0.462 e. The number of carbonyl (C=O) groups excluding carboxylic acids is 1. The summed E-state index contributed by atoms with van der Waals surface area (Å²) in [6.07, 6.45) is 0. The van der Waals surface area contributed by atoms with Crippen molar-refractivity contribution in [1.82, 2.24) is 4.98 Å². The first-order valence-corrected chi connectivity index (χ1v) is 6.52. The highest BCUT2D eigenvalue weighted by molar-refractivity contribution is 5.89. The van der Waals surface area contributed by atoms with Crippen LogP contribution in [-0.4, -0.2) is 17.6 Å². The number of hydrogen-bond donors (Lipinski definition) is 0. The molecule has 1 aromatic carbocycles. The molecule has 1 aromatic heterocycles. The number of carbonyl (C=O) groups is 1. The second kappa shape index (κ2) is 6.67. The molecule has 0 atom stereocenters. The van der Waals surface area contributed by atoms with Gasteiger partial charge in [-0.25, -0.2) is 14.2 Å². The highest BCUT2D eigenvalue weighted by Crippen LogP contribution is 2.08. The van der Waals surface area contributed by atoms with E-state index < -0.39 is 5.97 Å². The molecule has 106 valence electrons. The van der Waals surface area contributed by atoms with Crippen LogP contribution in [0.4, 0.5) is 4.39 Å². The minimum Gasteiger partial charge on any atom is -0.462 e. The maximum Gasteiger partial charge on any atom is 0.338 e. The standard InChI is InChI=1S/C17H14FNO2/c1-3-21-17(20)14-9-12(2)19-16(11-14)8-7-13-5-4-6-15(18)10-13/h4-6,9-11H,3H2,1-2H3. The van der Waals surface area contributed by atoms with Gasteiger partial charge in [-0.05, 0) is 50.1 Å². The molecule has 0 fully saturated rings. The summed E-state index contributed by atoms with van der Waals surface area (Å²) in [6.45, 7) is 3.83. The predicted octanol–water partition coefficient (Wildman–Crippen LogP) is 3.11. The lowest BCUT2D eigenvalue weighted by molar-refractivity contribution is 0.0526. The fourth-order valence-corrected chi connectivity index (χ4v) is 1.77. The van der Waals surface area contributed by atoms with Crippen molar-refractivity contribution in [2.24, 2.45) is 0 Å². The van der Waals surface area contributed by atoms with Crippen LogP contribution in [0.5, 0.6) is 0 Å². The number of aryl methyl sites for hydroxylation is 1. The minimum absolute atomic E-state index is 0.310. The van der Waals surface area contributed by atoms with Gasteiger partial charge in [-0.3, -0.25) is 0 Å². The quantitative estimate of drug-likeness (QED) is 0.628. The lowest BCUT2D eigenvalue weighted by Crippen LogP contribution is -2.06. The molecule has 4 heteroatoms. The summed E-state index contributed by atoms with van der Waals surface area (Å²) in [5.41, 5.74) is 2.08. The SMILES string of the molecule is CCOC(=O)c1cc(C)nc(C#Cc2cccc(F)c2)c1. The first-order valence-electron chi connectivity index (χ1n) is 6.52. The van der Waals surface area contributed by atoms with Crippen LogP contribution in [0.15, 0.2) is 36.4 Å². The van der Waals surface area contributed by atoms with Crippen molar-refractivity contribution in [3.8, 4) is 11.8 Å². The van der Waals surface area contributed by atoms with Crippen molar-refractivity contribution in [1.29, 1.82) is 0 Å². The topological polar surface area (TPSA) is 39.2 Å². The van der Waals surface area contributed by atoms with Crippen LogP contribution >= 0.6 is 0 Å². The van der Waals surface area contributed by atoms with Crippen LogP contribution in [0.1, 0.15) is 34.2 Å². The second-order valence-corrected chi connectivity index (χ2v) is 4.36. The maximum absolute atomic E-state index is 13.1. The lowest BCUT2D eigenvalue weighted by Gasteiger charge is -2.03. The number of rotatable bonds is 2. The molecule has 2 rings (SSSR count). The maximum atomic E-state index is 13.1. The Labute approximate surface area is 122 Å². The van der Waals surface area contributed by atoms with Crippen molar-refractivity contribution in [3.63, 3.8) is 0 Å². The van der Waals surface area contributed by atoms with E-state index in [2.05, 4.69) is 16.8 Å². The monoisotopic (exact) mass is 283 g/mol. The van der Waals surface area contributed by atoms with E-state index in [9.17, 15) is 9.18 Å². The molecule has 1 heterocycles. The zero-order valence-electron chi connectivity index (χ0n) is 11.8. The molecular formula is C17H14FNO2. The first-order chi connectivity index (χ1) is 10.1. The summed E-state index contributed by atoms with van der Waals surface area (Å²) < 4.78 is 18.0. The molecule has 0 spiro atoms. The van der Waals surface area contributed by atoms with Gasteiger partial charge in [-0.1, -0.05) is 12.0 Å². The van der Waals surface area contributed by atoms with E-state index in [1.54, 1.807) is 38.1 Å². The second-order valence-electron chi connectivity index (χ2n) is 4.36. The summed E-state index contributed by atoms with van der Waals surface area (Å²) in [5.74, 6) is 4.91. The molecule has 0 amide bonds. The van der Waals surface area contributed by atoms with Gasteiger partial charge in [-0.15, -0.1) is 0 Å². The first kappa shape index (κ1) is 14.7. The normalized spacial score (nSPS) is 9.67. The number of nitrogens with zero attached hydrogens (tertiary/aromatic N) is 1.